The fraction of sp³-hybridized carbons (Fsp3) is 0.231. The van der Waals surface area contributed by atoms with Crippen LogP contribution >= 0.6 is 57.5 Å². The molecule has 0 N–H and O–H groups in total. The van der Waals surface area contributed by atoms with Gasteiger partial charge < -0.3 is 0 Å². The average molecular weight is 368 g/mol. The molecule has 7 heteroatoms. The minimum atomic E-state index is -0.186. The SMILES string of the molecule is Cc1cc(C(=O)CCC(=O)c2cc(Cl)sc2Cl)c(Cl)s1. The Balaban J connectivity index is 2.02. The highest BCUT2D eigenvalue weighted by Crippen LogP contribution is 2.32. The molecule has 2 nitrogen and oxygen atoms in total. The van der Waals surface area contributed by atoms with Crippen LogP contribution in [0.3, 0.4) is 0 Å². The van der Waals surface area contributed by atoms with Crippen molar-refractivity contribution in [2.75, 3.05) is 0 Å². The monoisotopic (exact) mass is 366 g/mol. The van der Waals surface area contributed by atoms with E-state index in [0.717, 1.165) is 16.2 Å². The Morgan fingerprint density at radius 3 is 1.85 bits per heavy atom. The number of rotatable bonds is 5. The van der Waals surface area contributed by atoms with Gasteiger partial charge >= 0.3 is 0 Å². The van der Waals surface area contributed by atoms with E-state index in [9.17, 15) is 9.59 Å². The van der Waals surface area contributed by atoms with Gasteiger partial charge in [-0.2, -0.15) is 0 Å². The molecule has 0 saturated carbocycles. The lowest BCUT2D eigenvalue weighted by atomic mass is 10.0. The van der Waals surface area contributed by atoms with Gasteiger partial charge in [-0.15, -0.1) is 22.7 Å². The van der Waals surface area contributed by atoms with Crippen LogP contribution in [-0.2, 0) is 0 Å². The number of halogens is 3. The zero-order chi connectivity index (χ0) is 14.9. The smallest absolute Gasteiger partial charge is 0.165 e. The quantitative estimate of drug-likeness (QED) is 0.614. The van der Waals surface area contributed by atoms with Crippen LogP contribution in [0.25, 0.3) is 0 Å². The van der Waals surface area contributed by atoms with Crippen LogP contribution in [0.5, 0.6) is 0 Å². The van der Waals surface area contributed by atoms with E-state index in [2.05, 4.69) is 0 Å². The molecule has 2 aromatic heterocycles. The summed E-state index contributed by atoms with van der Waals surface area (Å²) in [5, 5.41) is 0. The van der Waals surface area contributed by atoms with Crippen molar-refractivity contribution >= 4 is 69.0 Å². The molecule has 0 atom stereocenters. The van der Waals surface area contributed by atoms with Gasteiger partial charge in [0.15, 0.2) is 11.6 Å². The van der Waals surface area contributed by atoms with Crippen molar-refractivity contribution in [2.45, 2.75) is 19.8 Å². The maximum Gasteiger partial charge on any atom is 0.165 e. The summed E-state index contributed by atoms with van der Waals surface area (Å²) in [6.45, 7) is 1.88. The molecule has 2 rings (SSSR count). The topological polar surface area (TPSA) is 34.1 Å². The molecule has 0 aliphatic heterocycles. The Hall–Kier alpha value is -0.390. The zero-order valence-corrected chi connectivity index (χ0v) is 14.2. The molecule has 0 saturated heterocycles. The number of ketones is 2. The Morgan fingerprint density at radius 1 is 0.950 bits per heavy atom. The van der Waals surface area contributed by atoms with Gasteiger partial charge in [0.1, 0.15) is 8.67 Å². The number of thiophene rings is 2. The first-order chi connectivity index (χ1) is 9.38. The van der Waals surface area contributed by atoms with Gasteiger partial charge in [-0.05, 0) is 19.1 Å². The van der Waals surface area contributed by atoms with Crippen LogP contribution in [0.15, 0.2) is 12.1 Å². The normalized spacial score (nSPS) is 10.8. The molecule has 106 valence electrons. The van der Waals surface area contributed by atoms with E-state index in [1.54, 1.807) is 6.07 Å². The van der Waals surface area contributed by atoms with Gasteiger partial charge in [-0.1, -0.05) is 34.8 Å². The highest BCUT2D eigenvalue weighted by Gasteiger charge is 2.18. The van der Waals surface area contributed by atoms with E-state index in [1.807, 2.05) is 6.92 Å². The standard InChI is InChI=1S/C13H9Cl3O2S2/c1-6-4-7(12(15)19-6)9(17)2-3-10(18)8-5-11(14)20-13(8)16/h4-5H,2-3H2,1H3. The molecule has 0 amide bonds. The third-order valence-electron chi connectivity index (χ3n) is 2.65. The summed E-state index contributed by atoms with van der Waals surface area (Å²) >= 11 is 20.2. The second kappa shape index (κ2) is 6.58. The fourth-order valence-corrected chi connectivity index (χ4v) is 4.47. The summed E-state index contributed by atoms with van der Waals surface area (Å²) in [6, 6.07) is 3.28. The van der Waals surface area contributed by atoms with E-state index in [4.69, 9.17) is 34.8 Å². The Kier molecular flexibility index (Phi) is 5.26. The van der Waals surface area contributed by atoms with Crippen molar-refractivity contribution < 1.29 is 9.59 Å². The molecular weight excluding hydrogens is 359 g/mol. The third kappa shape index (κ3) is 3.62. The number of hydrogen-bond donors (Lipinski definition) is 0. The van der Waals surface area contributed by atoms with Crippen molar-refractivity contribution in [3.05, 3.63) is 41.1 Å². The van der Waals surface area contributed by atoms with E-state index in [1.165, 1.54) is 17.4 Å². The Labute approximate surface area is 139 Å². The van der Waals surface area contributed by atoms with Gasteiger partial charge in [0, 0.05) is 28.8 Å². The van der Waals surface area contributed by atoms with Crippen molar-refractivity contribution in [1.29, 1.82) is 0 Å². The Bertz CT molecular complexity index is 615. The first kappa shape index (κ1) is 16.0. The van der Waals surface area contributed by atoms with E-state index >= 15 is 0 Å². The predicted octanol–water partition coefficient (Wildman–Crippen LogP) is 5.92. The molecule has 2 heterocycles. The number of aryl methyl sites for hydroxylation is 1. The zero-order valence-electron chi connectivity index (χ0n) is 10.3. The lowest BCUT2D eigenvalue weighted by Crippen LogP contribution is -2.04. The Morgan fingerprint density at radius 2 is 1.45 bits per heavy atom. The third-order valence-corrected chi connectivity index (χ3v) is 5.41. The van der Waals surface area contributed by atoms with E-state index in [-0.39, 0.29) is 24.4 Å². The fourth-order valence-electron chi connectivity index (χ4n) is 1.70. The summed E-state index contributed by atoms with van der Waals surface area (Å²) in [5.74, 6) is -0.320. The van der Waals surface area contributed by atoms with Crippen LogP contribution in [0.2, 0.25) is 13.0 Å². The minimum Gasteiger partial charge on any atom is -0.294 e. The maximum atomic E-state index is 12.0. The van der Waals surface area contributed by atoms with Crippen LogP contribution in [-0.4, -0.2) is 11.6 Å². The molecule has 0 unspecified atom stereocenters. The largest absolute Gasteiger partial charge is 0.294 e. The van der Waals surface area contributed by atoms with Crippen LogP contribution in [0, 0.1) is 6.92 Å². The first-order valence-electron chi connectivity index (χ1n) is 5.65. The first-order valence-corrected chi connectivity index (χ1v) is 8.42. The van der Waals surface area contributed by atoms with Crippen LogP contribution in [0.4, 0.5) is 0 Å². The van der Waals surface area contributed by atoms with E-state index < -0.39 is 0 Å². The van der Waals surface area contributed by atoms with Gasteiger partial charge in [0.05, 0.1) is 4.34 Å². The van der Waals surface area contributed by atoms with E-state index in [0.29, 0.717) is 24.1 Å². The summed E-state index contributed by atoms with van der Waals surface area (Å²) in [7, 11) is 0. The molecule has 0 aromatic carbocycles. The number of Topliss-reactive ketones (excluding diaryl/α,β-unsaturated/α-hetero) is 2. The molecule has 0 bridgehead atoms. The highest BCUT2D eigenvalue weighted by atomic mass is 35.5. The molecular formula is C13H9Cl3O2S2. The highest BCUT2D eigenvalue weighted by molar-refractivity contribution is 7.20. The van der Waals surface area contributed by atoms with Crippen LogP contribution in [0.1, 0.15) is 38.4 Å². The molecule has 0 aliphatic carbocycles. The minimum absolute atomic E-state index is 0.0941. The molecule has 2 aromatic rings. The average Bonchev–Trinajstić information content (AvgIpc) is 2.88. The van der Waals surface area contributed by atoms with Crippen molar-refractivity contribution in [3.8, 4) is 0 Å². The molecule has 0 aliphatic rings. The van der Waals surface area contributed by atoms with Crippen molar-refractivity contribution in [2.24, 2.45) is 0 Å². The summed E-state index contributed by atoms with van der Waals surface area (Å²) in [6.07, 6.45) is 0.204. The van der Waals surface area contributed by atoms with Gasteiger partial charge in [-0.25, -0.2) is 0 Å². The molecule has 20 heavy (non-hydrogen) atoms. The molecule has 0 radical (unpaired) electrons. The van der Waals surface area contributed by atoms with Crippen molar-refractivity contribution in [3.63, 3.8) is 0 Å². The number of hydrogen-bond acceptors (Lipinski definition) is 4. The predicted molar refractivity (Wildman–Crippen MR) is 86.3 cm³/mol. The second-order valence-electron chi connectivity index (χ2n) is 4.13. The van der Waals surface area contributed by atoms with Crippen LogP contribution < -0.4 is 0 Å². The van der Waals surface area contributed by atoms with Gasteiger partial charge in [0.25, 0.3) is 0 Å². The lowest BCUT2D eigenvalue weighted by molar-refractivity contribution is 0.0918. The number of carbonyl (C=O) groups is 2. The summed E-state index contributed by atoms with van der Waals surface area (Å²) in [5.41, 5.74) is 0.860. The molecule has 0 spiro atoms. The summed E-state index contributed by atoms with van der Waals surface area (Å²) < 4.78 is 1.29. The van der Waals surface area contributed by atoms with Gasteiger partial charge in [0.2, 0.25) is 0 Å². The van der Waals surface area contributed by atoms with Gasteiger partial charge in [-0.3, -0.25) is 9.59 Å². The number of carbonyl (C=O) groups excluding carboxylic acids is 2. The summed E-state index contributed by atoms with van der Waals surface area (Å²) in [4.78, 5) is 25.0. The second-order valence-corrected chi connectivity index (χ2v) is 8.27. The van der Waals surface area contributed by atoms with Crippen molar-refractivity contribution in [1.82, 2.24) is 0 Å². The lowest BCUT2D eigenvalue weighted by Gasteiger charge is -1.99. The molecule has 0 fully saturated rings. The maximum absolute atomic E-state index is 12.0.